The van der Waals surface area contributed by atoms with Crippen molar-refractivity contribution >= 4 is 64.8 Å². The zero-order chi connectivity index (χ0) is 89.7. The number of allylic oxidation sites excluding steroid dienone is 11. The van der Waals surface area contributed by atoms with Gasteiger partial charge in [-0.15, -0.1) is 0 Å². The van der Waals surface area contributed by atoms with E-state index in [4.69, 9.17) is 69.3 Å². The Hall–Kier alpha value is -10.2. The van der Waals surface area contributed by atoms with Gasteiger partial charge in [0.2, 0.25) is 17.3 Å². The Morgan fingerprint density at radius 2 is 0.840 bits per heavy atom. The number of aromatic hydroxyl groups is 2. The highest BCUT2D eigenvalue weighted by atomic mass is 16.6. The van der Waals surface area contributed by atoms with Gasteiger partial charge < -0.3 is 101 Å². The summed E-state index contributed by atoms with van der Waals surface area (Å²) in [6.07, 6.45) is 16.5. The molecule has 0 unspecified atom stereocenters. The highest BCUT2D eigenvalue weighted by Gasteiger charge is 2.40. The minimum Gasteiger partial charge on any atom is -0.508 e. The number of rotatable bonds is 11. The largest absolute Gasteiger partial charge is 0.508 e. The number of carbonyl (C=O) groups excluding carboxylic acids is 10. The number of anilines is 1. The van der Waals surface area contributed by atoms with E-state index in [2.05, 4.69) is 16.0 Å². The highest BCUT2D eigenvalue weighted by Crippen LogP contribution is 2.43. The Kier molecular flexibility index (Phi) is 41.0. The molecule has 656 valence electrons. The van der Waals surface area contributed by atoms with Crippen molar-refractivity contribution in [3.63, 3.8) is 0 Å². The zero-order valence-corrected chi connectivity index (χ0v) is 72.8. The van der Waals surface area contributed by atoms with Gasteiger partial charge in [0.15, 0.2) is 11.5 Å². The van der Waals surface area contributed by atoms with Crippen molar-refractivity contribution in [2.45, 2.75) is 197 Å². The van der Waals surface area contributed by atoms with Gasteiger partial charge >= 0.3 is 18.3 Å². The Bertz CT molecular complexity index is 4230. The van der Waals surface area contributed by atoms with E-state index < -0.39 is 114 Å². The van der Waals surface area contributed by atoms with Gasteiger partial charge in [0.25, 0.3) is 17.7 Å². The van der Waals surface area contributed by atoms with Crippen LogP contribution in [0.4, 0.5) is 20.1 Å². The normalized spacial score (nSPS) is 33.3. The number of ketones is 4. The Balaban J connectivity index is 0.000000375. The van der Waals surface area contributed by atoms with Crippen LogP contribution >= 0.6 is 0 Å². The number of Topliss-reactive ketones (excluding diaryl/α,β-unsaturated/α-hetero) is 2. The number of aliphatic hydroxyl groups is 1. The molecule has 2 aliphatic carbocycles. The molecule has 0 saturated carbocycles. The second-order valence-corrected chi connectivity index (χ2v) is 31.1. The van der Waals surface area contributed by atoms with Crippen molar-refractivity contribution in [2.24, 2.45) is 70.5 Å². The number of ether oxygens (including phenoxy) is 11. The summed E-state index contributed by atoms with van der Waals surface area (Å²) in [4.78, 5) is 126. The average molecular weight is 1660 g/mol. The number of methoxy groups -OCH3 is 8. The first-order valence-electron chi connectivity index (χ1n) is 39.4. The summed E-state index contributed by atoms with van der Waals surface area (Å²) < 4.78 is 62.1. The van der Waals surface area contributed by atoms with Gasteiger partial charge in [0, 0.05) is 137 Å². The van der Waals surface area contributed by atoms with Crippen molar-refractivity contribution < 1.29 is 115 Å². The van der Waals surface area contributed by atoms with E-state index in [0.717, 1.165) is 23.3 Å². The van der Waals surface area contributed by atoms with Crippen LogP contribution in [-0.4, -0.2) is 192 Å². The molecule has 0 aromatic heterocycles. The van der Waals surface area contributed by atoms with Crippen LogP contribution in [0.3, 0.4) is 0 Å². The van der Waals surface area contributed by atoms with Crippen molar-refractivity contribution in [1.82, 2.24) is 10.6 Å². The van der Waals surface area contributed by atoms with E-state index in [1.807, 2.05) is 94.4 Å². The molecule has 12 N–H and O–H groups in total. The SMILES string of the molecule is COC1=C2C[C@@H](C)C[C@H](OC)[C@H](O)[C@@H](C)/C=C(\C)[C@H](OC(N)=O)[C@@H](C)/C=C\C=C(/C)C(=O)NC(=CC1=O)C2=O.CO[C@H]1[C@@H](OC)C[C@H](C)[C@@H](OC)C2=CC(=O)C=C(NC(=O)/C(C)=C/C=C\[C@H](C)[C@@H](OC(N)=O)/C(C)=C/[C@@H]1C)C2=O.CO[C@H]1[C@@H](OC)C[C@H](C)[C@@H](OC)c2cc(O)cc(c2O)NC(=O)/C(C)=C/C=C\[C@H](C)[C@@H](OC(N)=O)/C(C)=C/[C@@H]1C. The first-order chi connectivity index (χ1) is 56.0. The van der Waals surface area contributed by atoms with Gasteiger partial charge in [-0.25, -0.2) is 14.4 Å². The van der Waals surface area contributed by atoms with E-state index in [9.17, 15) is 63.3 Å². The minimum atomic E-state index is -0.933. The van der Waals surface area contributed by atoms with E-state index in [-0.39, 0.29) is 123 Å². The van der Waals surface area contributed by atoms with Gasteiger partial charge in [-0.05, 0) is 114 Å². The Morgan fingerprint density at radius 1 is 0.445 bits per heavy atom. The monoisotopic (exact) mass is 1660 g/mol. The lowest BCUT2D eigenvalue weighted by atomic mass is 9.83. The number of benzene rings is 1. The van der Waals surface area contributed by atoms with Crippen molar-refractivity contribution in [3.8, 4) is 11.5 Å². The molecular formula is C89H126N6O24. The van der Waals surface area contributed by atoms with Crippen LogP contribution in [0.2, 0.25) is 0 Å². The quantitative estimate of drug-likeness (QED) is 0.0327. The molecule has 30 nitrogen and oxygen atoms in total. The number of fused-ring (bicyclic) bond motifs is 6. The number of hydrogen-bond donors (Lipinski definition) is 9. The molecule has 1 aromatic rings. The van der Waals surface area contributed by atoms with Crippen molar-refractivity contribution in [2.75, 3.05) is 62.2 Å². The van der Waals surface area contributed by atoms with E-state index in [1.54, 1.807) is 111 Å². The molecule has 0 saturated heterocycles. The smallest absolute Gasteiger partial charge is 0.405 e. The molecule has 6 bridgehead atoms. The number of nitrogens with two attached hydrogens (primary N) is 3. The maximum absolute atomic E-state index is 13.4. The fourth-order valence-corrected chi connectivity index (χ4v) is 15.4. The first kappa shape index (κ1) is 101. The van der Waals surface area contributed by atoms with Crippen molar-refractivity contribution in [1.29, 1.82) is 0 Å². The summed E-state index contributed by atoms with van der Waals surface area (Å²) in [5.41, 5.74) is 19.7. The molecule has 0 radical (unpaired) electrons. The fourth-order valence-electron chi connectivity index (χ4n) is 15.4. The maximum atomic E-state index is 13.4. The maximum Gasteiger partial charge on any atom is 0.405 e. The number of phenols is 2. The second-order valence-electron chi connectivity index (χ2n) is 31.1. The summed E-state index contributed by atoms with van der Waals surface area (Å²) in [6, 6.07) is 2.71. The van der Waals surface area contributed by atoms with E-state index in [0.29, 0.717) is 41.5 Å². The topological polar surface area (TPSA) is 447 Å². The van der Waals surface area contributed by atoms with Crippen LogP contribution < -0.4 is 33.2 Å². The molecule has 30 heteroatoms. The van der Waals surface area contributed by atoms with Crippen LogP contribution in [0.5, 0.6) is 11.5 Å². The molecule has 3 heterocycles. The minimum absolute atomic E-state index is 0.0543. The predicted octanol–water partition coefficient (Wildman–Crippen LogP) is 11.3. The number of phenolic OH excluding ortho intramolecular Hbond substituents is 2. The van der Waals surface area contributed by atoms with E-state index >= 15 is 0 Å². The summed E-state index contributed by atoms with van der Waals surface area (Å²) in [5, 5.41) is 40.4. The molecule has 20 atom stereocenters. The highest BCUT2D eigenvalue weighted by molar-refractivity contribution is 6.23. The lowest BCUT2D eigenvalue weighted by Crippen LogP contribution is -2.40. The molecule has 0 fully saturated rings. The zero-order valence-electron chi connectivity index (χ0n) is 72.8. The summed E-state index contributed by atoms with van der Waals surface area (Å²) in [7, 11) is 12.2. The molecule has 3 aliphatic heterocycles. The first-order valence-corrected chi connectivity index (χ1v) is 39.4. The summed E-state index contributed by atoms with van der Waals surface area (Å²) in [5.74, 6) is -6.18. The molecule has 6 rings (SSSR count). The third-order valence-electron chi connectivity index (χ3n) is 21.6. The molecule has 119 heavy (non-hydrogen) atoms. The summed E-state index contributed by atoms with van der Waals surface area (Å²) in [6.45, 7) is 27.3. The van der Waals surface area contributed by atoms with Gasteiger partial charge in [-0.2, -0.15) is 0 Å². The lowest BCUT2D eigenvalue weighted by Gasteiger charge is -2.34. The van der Waals surface area contributed by atoms with E-state index in [1.165, 1.54) is 46.6 Å². The second kappa shape index (κ2) is 48.2. The lowest BCUT2D eigenvalue weighted by molar-refractivity contribution is -0.121. The number of carbonyl (C=O) groups is 10. The fraction of sp³-hybridized carbons (Fsp3) is 0.528. The number of nitrogens with one attached hydrogen (secondary N) is 3. The molecule has 6 amide bonds. The third kappa shape index (κ3) is 29.1. The average Bonchev–Trinajstić information content (AvgIpc) is 1.20. The Labute approximate surface area is 699 Å². The molecule has 5 aliphatic rings. The van der Waals surface area contributed by atoms with Gasteiger partial charge in [0.1, 0.15) is 29.8 Å². The van der Waals surface area contributed by atoms with Gasteiger partial charge in [-0.3, -0.25) is 33.6 Å². The number of primary amides is 3. The molecule has 1 aromatic carbocycles. The number of aliphatic hydroxyl groups excluding tert-OH is 1. The van der Waals surface area contributed by atoms with Gasteiger partial charge in [-0.1, -0.05) is 135 Å². The predicted molar refractivity (Wildman–Crippen MR) is 448 cm³/mol. The van der Waals surface area contributed by atoms with Crippen LogP contribution in [0, 0.1) is 53.3 Å². The van der Waals surface area contributed by atoms with Crippen LogP contribution in [0.1, 0.15) is 141 Å². The standard InChI is InChI=1S/C30H44N2O8.C30H42N2O8.C29H40N2O8/c2*1-16-10-9-11-17(2)29(35)32-23-15-21(33)14-22(25(23)34)27(38-7)20(5)13-24(37-6)28(39-8)19(4)12-18(3)26(16)40-30(31)36;1-15-11-20-25(34)21(14-22(32)27(20)38-7)31-28(35)17(3)10-8-9-16(2)26(39-29(30)36)19(5)13-18(4)24(33)23(12-15)37-6/h9-12,14-16,19-20,24,26-28,33-34H,13H2,1-8H3,(H2,31,36)(H,32,35);9-12,14-16,19-20,24,26-28H,13H2,1-8H3,(H2,31,36)(H,32,35);8-10,13-16,18,23-24,26,33H,11-12H2,1-7H3,(H2,30,36)(H,31,35)/b2*10-9-,17-11+,18-12+;9-8-,17-10+,19-13+/t2*16-,19-,20-,24-,26+,27+,28+;15-,16+,18+,23+,24-,26-/m001/s1. The van der Waals surface area contributed by atoms with Crippen molar-refractivity contribution in [3.05, 3.63) is 171 Å². The van der Waals surface area contributed by atoms with Crippen LogP contribution in [-0.2, 0) is 85.7 Å². The number of hydrogen-bond acceptors (Lipinski definition) is 24. The summed E-state index contributed by atoms with van der Waals surface area (Å²) >= 11 is 0. The Morgan fingerprint density at radius 3 is 1.23 bits per heavy atom. The molecule has 0 spiro atoms. The third-order valence-corrected chi connectivity index (χ3v) is 21.6. The van der Waals surface area contributed by atoms with Gasteiger partial charge in [0.05, 0.1) is 73.0 Å². The van der Waals surface area contributed by atoms with Crippen LogP contribution in [0.15, 0.2) is 165 Å². The number of amides is 6. The molecular weight excluding hydrogens is 1540 g/mol. The van der Waals surface area contributed by atoms with Crippen LogP contribution in [0.25, 0.3) is 0 Å².